The Labute approximate surface area is 108 Å². The molecule has 6 nitrogen and oxygen atoms in total. The van der Waals surface area contributed by atoms with Crippen LogP contribution in [-0.2, 0) is 0 Å². The van der Waals surface area contributed by atoms with E-state index in [9.17, 15) is 4.79 Å². The zero-order chi connectivity index (χ0) is 13.3. The van der Waals surface area contributed by atoms with E-state index in [1.807, 2.05) is 26.0 Å². The summed E-state index contributed by atoms with van der Waals surface area (Å²) in [4.78, 5) is 11.3. The van der Waals surface area contributed by atoms with E-state index in [0.717, 1.165) is 23.1 Å². The van der Waals surface area contributed by atoms with E-state index in [-0.39, 0.29) is 17.4 Å². The first-order valence-electron chi connectivity index (χ1n) is 5.37. The van der Waals surface area contributed by atoms with E-state index in [0.29, 0.717) is 5.00 Å². The Hall–Kier alpha value is -2.02. The van der Waals surface area contributed by atoms with Crippen molar-refractivity contribution < 1.29 is 9.21 Å². The number of anilines is 2. The van der Waals surface area contributed by atoms with Crippen LogP contribution >= 0.6 is 11.5 Å². The maximum Gasteiger partial charge on any atom is 0.255 e. The first-order valence-corrected chi connectivity index (χ1v) is 6.14. The molecule has 0 aliphatic rings. The number of amides is 1. The van der Waals surface area contributed by atoms with Crippen molar-refractivity contribution in [3.63, 3.8) is 0 Å². The molecule has 0 aliphatic carbocycles. The Bertz CT molecular complexity index is 575. The molecule has 96 valence electrons. The van der Waals surface area contributed by atoms with Gasteiger partial charge in [-0.1, -0.05) is 0 Å². The highest BCUT2D eigenvalue weighted by Gasteiger charge is 2.19. The number of rotatable bonds is 4. The van der Waals surface area contributed by atoms with Gasteiger partial charge in [0.1, 0.15) is 22.1 Å². The highest BCUT2D eigenvalue weighted by atomic mass is 32.1. The van der Waals surface area contributed by atoms with Gasteiger partial charge in [0, 0.05) is 0 Å². The largest absolute Gasteiger partial charge is 0.464 e. The monoisotopic (exact) mass is 266 g/mol. The third-order valence-corrected chi connectivity index (χ3v) is 3.29. The fraction of sp³-hybridized carbons (Fsp3) is 0.273. The molecule has 0 radical (unpaired) electrons. The maximum atomic E-state index is 11.3. The highest BCUT2D eigenvalue weighted by molar-refractivity contribution is 7.11. The molecule has 0 aliphatic heterocycles. The Morgan fingerprint density at radius 3 is 2.83 bits per heavy atom. The van der Waals surface area contributed by atoms with E-state index < -0.39 is 5.91 Å². The van der Waals surface area contributed by atoms with Crippen LogP contribution in [0.15, 0.2) is 16.5 Å². The van der Waals surface area contributed by atoms with Crippen LogP contribution in [0.3, 0.4) is 0 Å². The van der Waals surface area contributed by atoms with Gasteiger partial charge >= 0.3 is 0 Å². The lowest BCUT2D eigenvalue weighted by Crippen LogP contribution is -2.15. The summed E-state index contributed by atoms with van der Waals surface area (Å²) < 4.78 is 9.41. The number of nitrogens with two attached hydrogens (primary N) is 2. The molecule has 0 spiro atoms. The van der Waals surface area contributed by atoms with Crippen molar-refractivity contribution in [3.05, 3.63) is 29.2 Å². The predicted molar refractivity (Wildman–Crippen MR) is 70.5 cm³/mol. The minimum absolute atomic E-state index is 0.100. The quantitative estimate of drug-likeness (QED) is 0.783. The molecule has 2 rings (SSSR count). The van der Waals surface area contributed by atoms with Crippen LogP contribution in [0.2, 0.25) is 0 Å². The van der Waals surface area contributed by atoms with Gasteiger partial charge < -0.3 is 21.2 Å². The van der Waals surface area contributed by atoms with Crippen molar-refractivity contribution in [2.75, 3.05) is 11.1 Å². The molecule has 1 unspecified atom stereocenters. The molecule has 1 amide bonds. The molecule has 0 fully saturated rings. The van der Waals surface area contributed by atoms with Crippen molar-refractivity contribution in [1.82, 2.24) is 4.37 Å². The summed E-state index contributed by atoms with van der Waals surface area (Å²) >= 11 is 1.11. The standard InChI is InChI=1S/C11H14N4O2S/c1-5-3-4-7(17-5)6(2)14-11-8(10(13)16)9(12)15-18-11/h3-4,6,14H,1-2H3,(H2,12,15)(H2,13,16). The number of carbonyl (C=O) groups is 1. The average Bonchev–Trinajstić information content (AvgIpc) is 2.85. The van der Waals surface area contributed by atoms with Crippen molar-refractivity contribution in [3.8, 4) is 0 Å². The number of primary amides is 1. The lowest BCUT2D eigenvalue weighted by atomic mass is 10.2. The molecular weight excluding hydrogens is 252 g/mol. The summed E-state index contributed by atoms with van der Waals surface area (Å²) in [5.74, 6) is 1.16. The smallest absolute Gasteiger partial charge is 0.255 e. The van der Waals surface area contributed by atoms with Crippen molar-refractivity contribution in [2.45, 2.75) is 19.9 Å². The maximum absolute atomic E-state index is 11.3. The zero-order valence-electron chi connectivity index (χ0n) is 10.1. The normalized spacial score (nSPS) is 12.3. The summed E-state index contributed by atoms with van der Waals surface area (Å²) in [6.07, 6.45) is 0. The minimum atomic E-state index is -0.591. The molecule has 1 atom stereocenters. The van der Waals surface area contributed by atoms with Crippen molar-refractivity contribution >= 4 is 28.3 Å². The first kappa shape index (κ1) is 12.4. The SMILES string of the molecule is Cc1ccc(C(C)Nc2snc(N)c2C(N)=O)o1. The van der Waals surface area contributed by atoms with Gasteiger partial charge in [-0.15, -0.1) is 0 Å². The fourth-order valence-electron chi connectivity index (χ4n) is 1.59. The van der Waals surface area contributed by atoms with Crippen molar-refractivity contribution in [2.24, 2.45) is 5.73 Å². The molecule has 2 heterocycles. The molecule has 2 aromatic rings. The summed E-state index contributed by atoms with van der Waals surface area (Å²) in [7, 11) is 0. The van der Waals surface area contributed by atoms with Gasteiger partial charge in [-0.25, -0.2) is 0 Å². The number of furan rings is 1. The number of aryl methyl sites for hydroxylation is 1. The zero-order valence-corrected chi connectivity index (χ0v) is 10.9. The third kappa shape index (κ3) is 2.30. The van der Waals surface area contributed by atoms with Gasteiger partial charge in [-0.3, -0.25) is 4.79 Å². The third-order valence-electron chi connectivity index (χ3n) is 2.50. The number of nitrogens with zero attached hydrogens (tertiary/aromatic N) is 1. The molecule has 0 bridgehead atoms. The number of hydrogen-bond donors (Lipinski definition) is 3. The van der Waals surface area contributed by atoms with Crippen LogP contribution in [0.1, 0.15) is 34.8 Å². The van der Waals surface area contributed by atoms with Crippen LogP contribution in [0.5, 0.6) is 0 Å². The molecule has 18 heavy (non-hydrogen) atoms. The summed E-state index contributed by atoms with van der Waals surface area (Å²) in [5, 5.41) is 3.68. The Kier molecular flexibility index (Phi) is 3.24. The number of aromatic nitrogens is 1. The summed E-state index contributed by atoms with van der Waals surface area (Å²) in [6, 6.07) is 3.65. The highest BCUT2D eigenvalue weighted by Crippen LogP contribution is 2.30. The Morgan fingerprint density at radius 2 is 2.28 bits per heavy atom. The van der Waals surface area contributed by atoms with Crippen molar-refractivity contribution in [1.29, 1.82) is 0 Å². The fourth-order valence-corrected chi connectivity index (χ4v) is 2.40. The number of nitrogen functional groups attached to an aromatic ring is 1. The summed E-state index contributed by atoms with van der Waals surface area (Å²) in [5.41, 5.74) is 11.1. The molecular formula is C11H14N4O2S. The number of hydrogen-bond acceptors (Lipinski definition) is 6. The second-order valence-electron chi connectivity index (χ2n) is 3.95. The van der Waals surface area contributed by atoms with Crippen LogP contribution < -0.4 is 16.8 Å². The first-order chi connectivity index (χ1) is 8.49. The topological polar surface area (TPSA) is 107 Å². The van der Waals surface area contributed by atoms with E-state index in [1.54, 1.807) is 0 Å². The van der Waals surface area contributed by atoms with Crippen LogP contribution in [-0.4, -0.2) is 10.3 Å². The molecule has 5 N–H and O–H groups in total. The van der Waals surface area contributed by atoms with Gasteiger partial charge in [0.25, 0.3) is 5.91 Å². The molecule has 0 saturated heterocycles. The number of carbonyl (C=O) groups excluding carboxylic acids is 1. The van der Waals surface area contributed by atoms with Crippen LogP contribution in [0.25, 0.3) is 0 Å². The second kappa shape index (κ2) is 4.69. The average molecular weight is 266 g/mol. The molecule has 0 aromatic carbocycles. The van der Waals surface area contributed by atoms with E-state index in [1.165, 1.54) is 0 Å². The van der Waals surface area contributed by atoms with Crippen LogP contribution in [0, 0.1) is 6.92 Å². The van der Waals surface area contributed by atoms with E-state index in [2.05, 4.69) is 9.69 Å². The molecule has 2 aromatic heterocycles. The van der Waals surface area contributed by atoms with Gasteiger partial charge in [0.15, 0.2) is 5.82 Å². The lowest BCUT2D eigenvalue weighted by molar-refractivity contribution is 0.100. The van der Waals surface area contributed by atoms with Crippen LogP contribution in [0.4, 0.5) is 10.8 Å². The lowest BCUT2D eigenvalue weighted by Gasteiger charge is -2.11. The Balaban J connectivity index is 2.22. The Morgan fingerprint density at radius 1 is 1.56 bits per heavy atom. The number of nitrogens with one attached hydrogen (secondary N) is 1. The van der Waals surface area contributed by atoms with E-state index in [4.69, 9.17) is 15.9 Å². The molecule has 7 heteroatoms. The molecule has 0 saturated carbocycles. The van der Waals surface area contributed by atoms with Gasteiger partial charge in [0.05, 0.1) is 6.04 Å². The second-order valence-corrected chi connectivity index (χ2v) is 4.72. The van der Waals surface area contributed by atoms with Gasteiger partial charge in [-0.05, 0) is 37.5 Å². The predicted octanol–water partition coefficient (Wildman–Crippen LogP) is 1.90. The van der Waals surface area contributed by atoms with E-state index >= 15 is 0 Å². The summed E-state index contributed by atoms with van der Waals surface area (Å²) in [6.45, 7) is 3.79. The van der Waals surface area contributed by atoms with Gasteiger partial charge in [-0.2, -0.15) is 4.37 Å². The van der Waals surface area contributed by atoms with Gasteiger partial charge in [0.2, 0.25) is 0 Å². The minimum Gasteiger partial charge on any atom is -0.464 e.